The number of thiazole rings is 1. The molecule has 0 fully saturated rings. The third kappa shape index (κ3) is 4.26. The first-order chi connectivity index (χ1) is 9.86. The van der Waals surface area contributed by atoms with Crippen LogP contribution in [-0.4, -0.2) is 22.4 Å². The van der Waals surface area contributed by atoms with Crippen molar-refractivity contribution in [3.05, 3.63) is 40.0 Å². The van der Waals surface area contributed by atoms with Gasteiger partial charge in [0, 0.05) is 41.2 Å². The Hall–Kier alpha value is -1.95. The molecule has 21 heavy (non-hydrogen) atoms. The number of nitrogens with one attached hydrogen (secondary N) is 1. The second-order valence-electron chi connectivity index (χ2n) is 5.85. The molecular formula is C15H20N4OS. The highest BCUT2D eigenvalue weighted by Crippen LogP contribution is 2.22. The molecule has 2 heterocycles. The molecular weight excluding hydrogens is 284 g/mol. The Bertz CT molecular complexity index is 617. The maximum atomic E-state index is 12.2. The van der Waals surface area contributed by atoms with Crippen LogP contribution < -0.4 is 11.1 Å². The monoisotopic (exact) mass is 304 g/mol. The van der Waals surface area contributed by atoms with E-state index in [0.717, 1.165) is 17.1 Å². The van der Waals surface area contributed by atoms with Gasteiger partial charge in [0.25, 0.3) is 5.91 Å². The zero-order valence-electron chi connectivity index (χ0n) is 12.5. The maximum Gasteiger partial charge on any atom is 0.251 e. The van der Waals surface area contributed by atoms with E-state index in [1.54, 1.807) is 29.7 Å². The van der Waals surface area contributed by atoms with E-state index in [9.17, 15) is 4.79 Å². The van der Waals surface area contributed by atoms with E-state index in [-0.39, 0.29) is 11.3 Å². The summed E-state index contributed by atoms with van der Waals surface area (Å²) >= 11 is 1.59. The molecule has 112 valence electrons. The molecule has 0 saturated heterocycles. The predicted molar refractivity (Wildman–Crippen MR) is 85.5 cm³/mol. The van der Waals surface area contributed by atoms with Gasteiger partial charge in [0.15, 0.2) is 0 Å². The molecule has 6 heteroatoms. The minimum Gasteiger partial charge on any atom is -0.384 e. The van der Waals surface area contributed by atoms with Gasteiger partial charge >= 0.3 is 0 Å². The Morgan fingerprint density at radius 1 is 1.38 bits per heavy atom. The molecule has 0 atom stereocenters. The van der Waals surface area contributed by atoms with Crippen molar-refractivity contribution in [1.82, 2.24) is 15.3 Å². The Labute approximate surface area is 128 Å². The van der Waals surface area contributed by atoms with Gasteiger partial charge in [-0.3, -0.25) is 4.79 Å². The summed E-state index contributed by atoms with van der Waals surface area (Å²) in [4.78, 5) is 20.7. The summed E-state index contributed by atoms with van der Waals surface area (Å²) in [5, 5.41) is 5.83. The Balaban J connectivity index is 2.03. The van der Waals surface area contributed by atoms with Crippen molar-refractivity contribution in [2.24, 2.45) is 0 Å². The van der Waals surface area contributed by atoms with Gasteiger partial charge in [-0.15, -0.1) is 11.3 Å². The summed E-state index contributed by atoms with van der Waals surface area (Å²) in [6, 6.07) is 3.41. The average Bonchev–Trinajstić information content (AvgIpc) is 2.90. The molecule has 0 unspecified atom stereocenters. The van der Waals surface area contributed by atoms with Crippen LogP contribution in [-0.2, 0) is 11.8 Å². The number of aromatic nitrogens is 2. The van der Waals surface area contributed by atoms with Crippen molar-refractivity contribution in [3.8, 4) is 0 Å². The van der Waals surface area contributed by atoms with E-state index in [1.807, 2.05) is 26.2 Å². The van der Waals surface area contributed by atoms with Crippen LogP contribution >= 0.6 is 11.3 Å². The van der Waals surface area contributed by atoms with E-state index < -0.39 is 0 Å². The highest BCUT2D eigenvalue weighted by molar-refractivity contribution is 7.09. The van der Waals surface area contributed by atoms with Crippen molar-refractivity contribution in [1.29, 1.82) is 0 Å². The highest BCUT2D eigenvalue weighted by atomic mass is 32.1. The number of hydrogen-bond donors (Lipinski definition) is 2. The maximum absolute atomic E-state index is 12.2. The summed E-state index contributed by atoms with van der Waals surface area (Å²) < 4.78 is 0. The van der Waals surface area contributed by atoms with E-state index in [4.69, 9.17) is 5.73 Å². The van der Waals surface area contributed by atoms with Crippen LogP contribution in [0.3, 0.4) is 0 Å². The predicted octanol–water partition coefficient (Wildman–Crippen LogP) is 2.39. The number of carbonyl (C=O) groups is 1. The number of nitrogens with two attached hydrogens (primary N) is 1. The number of anilines is 1. The number of rotatable bonds is 4. The smallest absolute Gasteiger partial charge is 0.251 e. The molecule has 1 amide bonds. The molecule has 0 bridgehead atoms. The summed E-state index contributed by atoms with van der Waals surface area (Å²) in [6.45, 7) is 6.68. The summed E-state index contributed by atoms with van der Waals surface area (Å²) in [7, 11) is 0. The van der Waals surface area contributed by atoms with Crippen molar-refractivity contribution >= 4 is 23.1 Å². The van der Waals surface area contributed by atoms with Crippen molar-refractivity contribution in [3.63, 3.8) is 0 Å². The van der Waals surface area contributed by atoms with Gasteiger partial charge in [-0.2, -0.15) is 0 Å². The topological polar surface area (TPSA) is 80.9 Å². The zero-order valence-corrected chi connectivity index (χ0v) is 13.3. The Kier molecular flexibility index (Phi) is 4.57. The first-order valence-corrected chi connectivity index (χ1v) is 7.69. The molecule has 2 rings (SSSR count). The van der Waals surface area contributed by atoms with Crippen LogP contribution in [0.15, 0.2) is 23.7 Å². The lowest BCUT2D eigenvalue weighted by Crippen LogP contribution is -2.26. The molecule has 2 aromatic rings. The SMILES string of the molecule is CC(C)(C)c1cc(C(=O)NCCc2nccs2)cc(N)n1. The fourth-order valence-corrected chi connectivity index (χ4v) is 2.45. The molecule has 0 aliphatic carbocycles. The molecule has 0 saturated carbocycles. The van der Waals surface area contributed by atoms with Crippen LogP contribution in [0.25, 0.3) is 0 Å². The van der Waals surface area contributed by atoms with Gasteiger partial charge in [-0.25, -0.2) is 9.97 Å². The quantitative estimate of drug-likeness (QED) is 0.909. The van der Waals surface area contributed by atoms with E-state index in [2.05, 4.69) is 15.3 Å². The van der Waals surface area contributed by atoms with Gasteiger partial charge in [0.2, 0.25) is 0 Å². The van der Waals surface area contributed by atoms with Gasteiger partial charge in [-0.1, -0.05) is 20.8 Å². The van der Waals surface area contributed by atoms with Gasteiger partial charge < -0.3 is 11.1 Å². The fourth-order valence-electron chi connectivity index (χ4n) is 1.83. The van der Waals surface area contributed by atoms with E-state index in [0.29, 0.717) is 17.9 Å². The van der Waals surface area contributed by atoms with Crippen molar-refractivity contribution in [2.75, 3.05) is 12.3 Å². The first-order valence-electron chi connectivity index (χ1n) is 6.81. The lowest BCUT2D eigenvalue weighted by atomic mass is 9.90. The highest BCUT2D eigenvalue weighted by Gasteiger charge is 2.18. The molecule has 2 aromatic heterocycles. The third-order valence-electron chi connectivity index (χ3n) is 2.98. The minimum atomic E-state index is -0.148. The van der Waals surface area contributed by atoms with Crippen LogP contribution in [0.5, 0.6) is 0 Å². The summed E-state index contributed by atoms with van der Waals surface area (Å²) in [6.07, 6.45) is 2.50. The number of pyridine rings is 1. The number of nitrogen functional groups attached to an aromatic ring is 1. The third-order valence-corrected chi connectivity index (χ3v) is 3.82. The van der Waals surface area contributed by atoms with Gasteiger partial charge in [0.05, 0.1) is 5.01 Å². The second-order valence-corrected chi connectivity index (χ2v) is 6.83. The van der Waals surface area contributed by atoms with Crippen LogP contribution in [0.4, 0.5) is 5.82 Å². The number of hydrogen-bond acceptors (Lipinski definition) is 5. The van der Waals surface area contributed by atoms with Gasteiger partial charge in [-0.05, 0) is 12.1 Å². The molecule has 0 aliphatic rings. The molecule has 3 N–H and O–H groups in total. The Morgan fingerprint density at radius 3 is 2.76 bits per heavy atom. The lowest BCUT2D eigenvalue weighted by Gasteiger charge is -2.19. The average molecular weight is 304 g/mol. The fraction of sp³-hybridized carbons (Fsp3) is 0.400. The molecule has 0 spiro atoms. The molecule has 0 aromatic carbocycles. The summed E-state index contributed by atoms with van der Waals surface area (Å²) in [5.74, 6) is 0.235. The largest absolute Gasteiger partial charge is 0.384 e. The number of nitrogens with zero attached hydrogens (tertiary/aromatic N) is 2. The normalized spacial score (nSPS) is 11.4. The molecule has 0 aliphatic heterocycles. The first kappa shape index (κ1) is 15.4. The van der Waals surface area contributed by atoms with E-state index >= 15 is 0 Å². The van der Waals surface area contributed by atoms with E-state index in [1.165, 1.54) is 0 Å². The van der Waals surface area contributed by atoms with Crippen molar-refractivity contribution < 1.29 is 4.79 Å². The minimum absolute atomic E-state index is 0.133. The zero-order chi connectivity index (χ0) is 15.5. The Morgan fingerprint density at radius 2 is 2.14 bits per heavy atom. The lowest BCUT2D eigenvalue weighted by molar-refractivity contribution is 0.0954. The number of carbonyl (C=O) groups excluding carboxylic acids is 1. The summed E-state index contributed by atoms with van der Waals surface area (Å²) in [5.41, 5.74) is 7.01. The van der Waals surface area contributed by atoms with Crippen LogP contribution in [0.1, 0.15) is 41.8 Å². The number of amides is 1. The molecule has 0 radical (unpaired) electrons. The second kappa shape index (κ2) is 6.22. The van der Waals surface area contributed by atoms with Crippen LogP contribution in [0.2, 0.25) is 0 Å². The van der Waals surface area contributed by atoms with Crippen LogP contribution in [0, 0.1) is 0 Å². The van der Waals surface area contributed by atoms with Gasteiger partial charge in [0.1, 0.15) is 5.82 Å². The standard InChI is InChI=1S/C15H20N4OS/c1-15(2,3)11-8-10(9-12(16)19-11)14(20)18-5-4-13-17-6-7-21-13/h6-9H,4-5H2,1-3H3,(H2,16,19)(H,18,20). The molecule has 5 nitrogen and oxygen atoms in total. The van der Waals surface area contributed by atoms with Crippen molar-refractivity contribution in [2.45, 2.75) is 32.6 Å².